The largest absolute Gasteiger partial charge is 0.394 e. The highest BCUT2D eigenvalue weighted by Crippen LogP contribution is 2.76. The van der Waals surface area contributed by atoms with Crippen LogP contribution in [-0.2, 0) is 37.9 Å². The molecule has 0 radical (unpaired) electrons. The molecule has 0 aromatic heterocycles. The molecule has 4 aliphatic carbocycles. The molecule has 4 heterocycles. The first kappa shape index (κ1) is 60.9. The van der Waals surface area contributed by atoms with Gasteiger partial charge in [0.15, 0.2) is 25.2 Å². The summed E-state index contributed by atoms with van der Waals surface area (Å²) in [4.78, 5) is 0. The molecule has 22 heteroatoms. The van der Waals surface area contributed by atoms with E-state index in [9.17, 15) is 71.5 Å². The van der Waals surface area contributed by atoms with Gasteiger partial charge in [0, 0.05) is 0 Å². The topological polar surface area (TPSA) is 357 Å². The van der Waals surface area contributed by atoms with E-state index in [1.165, 1.54) is 0 Å². The van der Waals surface area contributed by atoms with Crippen LogP contribution < -0.4 is 0 Å². The maximum Gasteiger partial charge on any atom is 0.187 e. The zero-order valence-electron chi connectivity index (χ0n) is 45.4. The summed E-state index contributed by atoms with van der Waals surface area (Å²) < 4.78 is 49.1. The van der Waals surface area contributed by atoms with Gasteiger partial charge in [0.2, 0.25) is 0 Å². The van der Waals surface area contributed by atoms with Gasteiger partial charge in [-0.1, -0.05) is 46.3 Å². The monoisotopic (exact) mass is 1090 g/mol. The Kier molecular flexibility index (Phi) is 18.6. The Balaban J connectivity index is 0.992. The summed E-state index contributed by atoms with van der Waals surface area (Å²) in [5.74, 6) is 0.671. The highest BCUT2D eigenvalue weighted by atomic mass is 16.8. The predicted octanol–water partition coefficient (Wildman–Crippen LogP) is -1.17. The second-order valence-corrected chi connectivity index (χ2v) is 25.6. The van der Waals surface area contributed by atoms with Crippen LogP contribution in [0.2, 0.25) is 0 Å². The molecule has 0 spiro atoms. The van der Waals surface area contributed by atoms with Crippen LogP contribution >= 0.6 is 0 Å². The minimum absolute atomic E-state index is 0.000746. The van der Waals surface area contributed by atoms with E-state index in [4.69, 9.17) is 37.9 Å². The molecular weight excluding hydrogens is 1000 g/mol. The van der Waals surface area contributed by atoms with E-state index in [0.717, 1.165) is 50.5 Å². The third kappa shape index (κ3) is 10.7. The van der Waals surface area contributed by atoms with Crippen molar-refractivity contribution in [3.63, 3.8) is 0 Å². The van der Waals surface area contributed by atoms with Gasteiger partial charge in [0.1, 0.15) is 97.7 Å². The van der Waals surface area contributed by atoms with Crippen molar-refractivity contribution in [2.75, 3.05) is 26.4 Å². The fourth-order valence-electron chi connectivity index (χ4n) is 16.3. The van der Waals surface area contributed by atoms with E-state index in [1.54, 1.807) is 0 Å². The first-order chi connectivity index (χ1) is 35.6. The normalized spacial score (nSPS) is 52.2. The van der Waals surface area contributed by atoms with E-state index in [0.29, 0.717) is 25.2 Å². The van der Waals surface area contributed by atoms with E-state index >= 15 is 0 Å². The lowest BCUT2D eigenvalue weighted by molar-refractivity contribution is -0.378. The van der Waals surface area contributed by atoms with Gasteiger partial charge in [0.25, 0.3) is 0 Å². The molecule has 0 aromatic rings. The van der Waals surface area contributed by atoms with Crippen molar-refractivity contribution in [1.82, 2.24) is 0 Å². The van der Waals surface area contributed by atoms with Crippen LogP contribution in [0.25, 0.3) is 0 Å². The van der Waals surface area contributed by atoms with E-state index < -0.39 is 166 Å². The SMILES string of the molecule is CC(C)=CCC[C@](C)(O[C@@H]1O[C@H](CO[C@@H]2O[C@H](CO)[C@@H](O)[C@H](O)[C@H]2O)[C@@H](O)[C@H](O)[C@H]1O)[C@H]1CC[C@]2(C)[C@@H]1CC[C@@H]1[C@@]3(C)CC[C@H](O[C@@H]4O[C@H](CO)[C@@H](O)[C@H](O)[C@H]4O[C@@H]4O[C@H](CO)[C@@H](O)[C@H](O)[C@H]4O)C(C)(C)C3CC[C@]12C. The quantitative estimate of drug-likeness (QED) is 0.0639. The molecular formula is C54H92O22. The molecule has 4 saturated heterocycles. The summed E-state index contributed by atoms with van der Waals surface area (Å²) in [6.07, 6.45) is -21.2. The molecule has 29 atom stereocenters. The van der Waals surface area contributed by atoms with Gasteiger partial charge < -0.3 is 109 Å². The number of hydrogen-bond acceptors (Lipinski definition) is 22. The summed E-state index contributed by atoms with van der Waals surface area (Å²) in [5.41, 5.74) is -0.631. The molecule has 440 valence electrons. The zero-order chi connectivity index (χ0) is 55.8. The van der Waals surface area contributed by atoms with Crippen molar-refractivity contribution in [3.8, 4) is 0 Å². The van der Waals surface area contributed by atoms with Crippen molar-refractivity contribution in [2.24, 2.45) is 45.3 Å². The number of rotatable bonds is 16. The van der Waals surface area contributed by atoms with Gasteiger partial charge in [-0.3, -0.25) is 0 Å². The Morgan fingerprint density at radius 1 is 0.526 bits per heavy atom. The van der Waals surface area contributed by atoms with Crippen LogP contribution in [0.4, 0.5) is 0 Å². The van der Waals surface area contributed by atoms with Gasteiger partial charge in [0.05, 0.1) is 38.1 Å². The lowest BCUT2D eigenvalue weighted by atomic mass is 9.35. The molecule has 1 unspecified atom stereocenters. The van der Waals surface area contributed by atoms with Crippen LogP contribution in [0, 0.1) is 45.3 Å². The number of allylic oxidation sites excluding steroid dienone is 2. The lowest BCUT2D eigenvalue weighted by Gasteiger charge is -2.70. The van der Waals surface area contributed by atoms with Gasteiger partial charge in [-0.15, -0.1) is 0 Å². The standard InChI is InChI=1S/C54H92O22/c1-24(2)10-9-16-54(8,76-48-44(68)40(64)37(61)30(73-48)23-69-46-42(66)38(62)34(58)27(20-55)70-46)26-13-18-52(6)25(26)11-12-32-51(5)17-15-33(50(3,4)31(51)14-19-53(32,52)7)74-49-45(41(65)36(60)29(22-57)72-49)75-47-43(67)39(63)35(59)28(21-56)71-47/h10,25-49,55-68H,9,11-23H2,1-8H3/t25-,26+,27-,28-,29-,30-,31?,32-,33+,34-,35-,36-,37-,38+,39+,40+,41+,42-,43-,44-,45-,46-,47+,48+,49+,51+,52-,53-,54+/m1/s1. The van der Waals surface area contributed by atoms with Crippen LogP contribution in [-0.4, -0.2) is 232 Å². The van der Waals surface area contributed by atoms with Crippen LogP contribution in [0.3, 0.4) is 0 Å². The number of hydrogen-bond donors (Lipinski definition) is 14. The van der Waals surface area contributed by atoms with Crippen LogP contribution in [0.15, 0.2) is 11.6 Å². The van der Waals surface area contributed by atoms with Gasteiger partial charge >= 0.3 is 0 Å². The number of aliphatic hydroxyl groups excluding tert-OH is 14. The number of ether oxygens (including phenoxy) is 8. The highest BCUT2D eigenvalue weighted by Gasteiger charge is 2.70. The third-order valence-corrected chi connectivity index (χ3v) is 20.9. The van der Waals surface area contributed by atoms with Crippen molar-refractivity contribution < 1.29 is 109 Å². The van der Waals surface area contributed by atoms with E-state index in [2.05, 4.69) is 47.6 Å². The molecule has 8 rings (SSSR count). The maximum absolute atomic E-state index is 11.5. The Hall–Kier alpha value is -1.14. The fraction of sp³-hybridized carbons (Fsp3) is 0.963. The molecule has 8 fully saturated rings. The van der Waals surface area contributed by atoms with Gasteiger partial charge in [-0.2, -0.15) is 0 Å². The Morgan fingerprint density at radius 3 is 1.63 bits per heavy atom. The summed E-state index contributed by atoms with van der Waals surface area (Å²) >= 11 is 0. The average Bonchev–Trinajstić information content (AvgIpc) is 3.91. The van der Waals surface area contributed by atoms with Crippen LogP contribution in [0.1, 0.15) is 120 Å². The molecule has 4 saturated carbocycles. The lowest BCUT2D eigenvalue weighted by Crippen LogP contribution is -2.67. The maximum atomic E-state index is 11.5. The van der Waals surface area contributed by atoms with E-state index in [1.807, 2.05) is 13.8 Å². The summed E-state index contributed by atoms with van der Waals surface area (Å²) in [7, 11) is 0. The summed E-state index contributed by atoms with van der Waals surface area (Å²) in [5, 5.41) is 149. The fourth-order valence-corrected chi connectivity index (χ4v) is 16.3. The minimum Gasteiger partial charge on any atom is -0.394 e. The highest BCUT2D eigenvalue weighted by molar-refractivity contribution is 5.19. The molecule has 0 bridgehead atoms. The molecule has 76 heavy (non-hydrogen) atoms. The molecule has 0 amide bonds. The van der Waals surface area contributed by atoms with Crippen molar-refractivity contribution in [3.05, 3.63) is 11.6 Å². The average molecular weight is 1090 g/mol. The molecule has 22 nitrogen and oxygen atoms in total. The minimum atomic E-state index is -1.79. The smallest absolute Gasteiger partial charge is 0.187 e. The van der Waals surface area contributed by atoms with Crippen LogP contribution in [0.5, 0.6) is 0 Å². The second-order valence-electron chi connectivity index (χ2n) is 25.6. The van der Waals surface area contributed by atoms with Crippen molar-refractivity contribution in [1.29, 1.82) is 0 Å². The van der Waals surface area contributed by atoms with Gasteiger partial charge in [-0.05, 0) is 130 Å². The summed E-state index contributed by atoms with van der Waals surface area (Å²) in [6.45, 7) is 15.3. The third-order valence-electron chi connectivity index (χ3n) is 20.9. The Labute approximate surface area is 445 Å². The Bertz CT molecular complexity index is 1960. The number of fused-ring (bicyclic) bond motifs is 5. The molecule has 0 aromatic carbocycles. The van der Waals surface area contributed by atoms with E-state index in [-0.39, 0.29) is 34.0 Å². The first-order valence-electron chi connectivity index (χ1n) is 27.8. The Morgan fingerprint density at radius 2 is 1.04 bits per heavy atom. The predicted molar refractivity (Wildman–Crippen MR) is 265 cm³/mol. The van der Waals surface area contributed by atoms with Gasteiger partial charge in [-0.25, -0.2) is 0 Å². The molecule has 14 N–H and O–H groups in total. The second kappa shape index (κ2) is 23.3. The molecule has 4 aliphatic heterocycles. The zero-order valence-corrected chi connectivity index (χ0v) is 45.4. The molecule has 8 aliphatic rings. The number of aliphatic hydroxyl groups is 14. The van der Waals surface area contributed by atoms with Crippen molar-refractivity contribution >= 4 is 0 Å². The first-order valence-corrected chi connectivity index (χ1v) is 27.8. The summed E-state index contributed by atoms with van der Waals surface area (Å²) in [6, 6.07) is 0. The van der Waals surface area contributed by atoms with Crippen molar-refractivity contribution in [2.45, 2.75) is 254 Å².